The minimum Gasteiger partial charge on any atom is -0.309 e. The molecule has 0 radical (unpaired) electrons. The molecule has 136 valence electrons. The fourth-order valence-corrected chi connectivity index (χ4v) is 4.25. The lowest BCUT2D eigenvalue weighted by atomic mass is 10.1. The van der Waals surface area contributed by atoms with Crippen molar-refractivity contribution in [2.45, 2.75) is 0 Å². The Balaban J connectivity index is 1.64. The molecule has 0 unspecified atom stereocenters. The first-order chi connectivity index (χ1) is 14.4. The molecule has 0 aliphatic carbocycles. The van der Waals surface area contributed by atoms with Gasteiger partial charge in [-0.3, -0.25) is 9.97 Å². The normalized spacial score (nSPS) is 11.4. The van der Waals surface area contributed by atoms with Crippen LogP contribution < -0.4 is 0 Å². The van der Waals surface area contributed by atoms with Gasteiger partial charge in [0.15, 0.2) is 0 Å². The Bertz CT molecular complexity index is 1480. The maximum absolute atomic E-state index is 4.38. The van der Waals surface area contributed by atoms with Gasteiger partial charge in [0.05, 0.1) is 11.0 Å². The molecule has 0 amide bonds. The lowest BCUT2D eigenvalue weighted by molar-refractivity contribution is 1.18. The van der Waals surface area contributed by atoms with Crippen molar-refractivity contribution in [2.75, 3.05) is 0 Å². The van der Waals surface area contributed by atoms with E-state index >= 15 is 0 Å². The second-order valence-electron chi connectivity index (χ2n) is 7.19. The van der Waals surface area contributed by atoms with Crippen molar-refractivity contribution in [1.29, 1.82) is 0 Å². The molecule has 3 heterocycles. The highest BCUT2D eigenvalue weighted by Gasteiger charge is 2.14. The molecule has 0 bridgehead atoms. The highest BCUT2D eigenvalue weighted by Crippen LogP contribution is 2.36. The molecule has 0 N–H and O–H groups in total. The summed E-state index contributed by atoms with van der Waals surface area (Å²) in [4.78, 5) is 8.50. The van der Waals surface area contributed by atoms with Crippen LogP contribution in [0.2, 0.25) is 0 Å². The fourth-order valence-electron chi connectivity index (χ4n) is 4.25. The minimum absolute atomic E-state index is 1.15. The zero-order valence-corrected chi connectivity index (χ0v) is 15.7. The summed E-state index contributed by atoms with van der Waals surface area (Å²) >= 11 is 0. The van der Waals surface area contributed by atoms with Gasteiger partial charge in [0.2, 0.25) is 0 Å². The lowest BCUT2D eigenvalue weighted by Gasteiger charge is -2.09. The zero-order chi connectivity index (χ0) is 19.2. The van der Waals surface area contributed by atoms with Crippen molar-refractivity contribution >= 4 is 32.6 Å². The van der Waals surface area contributed by atoms with Gasteiger partial charge in [-0.05, 0) is 59.0 Å². The summed E-state index contributed by atoms with van der Waals surface area (Å²) in [6.07, 6.45) is 7.48. The second kappa shape index (κ2) is 6.28. The average Bonchev–Trinajstić information content (AvgIpc) is 3.15. The SMILES string of the molecule is c1ccc2c(c1)c1c3cnccc3ccc1n2-c1ccc(-c2ccncc2)cc1. The van der Waals surface area contributed by atoms with Crippen LogP contribution in [0.15, 0.2) is 104 Å². The molecule has 3 heteroatoms. The van der Waals surface area contributed by atoms with Crippen molar-refractivity contribution in [3.8, 4) is 16.8 Å². The van der Waals surface area contributed by atoms with Crippen LogP contribution in [0.5, 0.6) is 0 Å². The summed E-state index contributed by atoms with van der Waals surface area (Å²) in [5, 5.41) is 4.90. The molecule has 3 aromatic heterocycles. The Morgan fingerprint density at radius 2 is 1.31 bits per heavy atom. The van der Waals surface area contributed by atoms with E-state index in [1.54, 1.807) is 0 Å². The Morgan fingerprint density at radius 3 is 2.17 bits per heavy atom. The summed E-state index contributed by atoms with van der Waals surface area (Å²) in [7, 11) is 0. The van der Waals surface area contributed by atoms with E-state index in [0.717, 1.165) is 5.69 Å². The van der Waals surface area contributed by atoms with Crippen molar-refractivity contribution in [3.05, 3.63) is 104 Å². The minimum atomic E-state index is 1.15. The Morgan fingerprint density at radius 1 is 0.552 bits per heavy atom. The number of hydrogen-bond acceptors (Lipinski definition) is 2. The van der Waals surface area contributed by atoms with Crippen LogP contribution in [0.3, 0.4) is 0 Å². The van der Waals surface area contributed by atoms with E-state index in [9.17, 15) is 0 Å². The number of hydrogen-bond donors (Lipinski definition) is 0. The average molecular weight is 371 g/mol. The van der Waals surface area contributed by atoms with Gasteiger partial charge in [0.1, 0.15) is 0 Å². The largest absolute Gasteiger partial charge is 0.309 e. The molecular weight excluding hydrogens is 354 g/mol. The first-order valence-electron chi connectivity index (χ1n) is 9.67. The van der Waals surface area contributed by atoms with Crippen molar-refractivity contribution in [1.82, 2.24) is 14.5 Å². The van der Waals surface area contributed by atoms with E-state index in [4.69, 9.17) is 0 Å². The summed E-state index contributed by atoms with van der Waals surface area (Å²) in [5.41, 5.74) is 5.91. The zero-order valence-electron chi connectivity index (χ0n) is 15.7. The second-order valence-corrected chi connectivity index (χ2v) is 7.19. The fraction of sp³-hybridized carbons (Fsp3) is 0. The van der Waals surface area contributed by atoms with Crippen LogP contribution in [0.25, 0.3) is 49.4 Å². The number of aromatic nitrogens is 3. The van der Waals surface area contributed by atoms with Gasteiger partial charge in [-0.2, -0.15) is 0 Å². The van der Waals surface area contributed by atoms with E-state index < -0.39 is 0 Å². The predicted molar refractivity (Wildman–Crippen MR) is 119 cm³/mol. The molecular formula is C26H17N3. The smallest absolute Gasteiger partial charge is 0.0548 e. The maximum atomic E-state index is 4.38. The molecule has 0 aliphatic rings. The summed E-state index contributed by atoms with van der Waals surface area (Å²) in [6.45, 7) is 0. The van der Waals surface area contributed by atoms with Gasteiger partial charge >= 0.3 is 0 Å². The van der Waals surface area contributed by atoms with Crippen molar-refractivity contribution < 1.29 is 0 Å². The van der Waals surface area contributed by atoms with Crippen molar-refractivity contribution in [3.63, 3.8) is 0 Å². The van der Waals surface area contributed by atoms with Gasteiger partial charge in [0, 0.05) is 46.6 Å². The molecule has 3 nitrogen and oxygen atoms in total. The van der Waals surface area contributed by atoms with E-state index in [1.807, 2.05) is 36.9 Å². The molecule has 0 saturated heterocycles. The Labute approximate surface area is 167 Å². The molecule has 0 aliphatic heterocycles. The quantitative estimate of drug-likeness (QED) is 0.353. The van der Waals surface area contributed by atoms with E-state index in [0.29, 0.717) is 0 Å². The molecule has 6 rings (SSSR count). The summed E-state index contributed by atoms with van der Waals surface area (Å²) < 4.78 is 2.34. The van der Waals surface area contributed by atoms with Gasteiger partial charge in [-0.25, -0.2) is 0 Å². The van der Waals surface area contributed by atoms with Gasteiger partial charge in [-0.1, -0.05) is 36.4 Å². The molecule has 0 saturated carbocycles. The van der Waals surface area contributed by atoms with Gasteiger partial charge < -0.3 is 4.57 Å². The third-order valence-corrected chi connectivity index (χ3v) is 5.60. The first kappa shape index (κ1) is 16.0. The van der Waals surface area contributed by atoms with Crippen LogP contribution >= 0.6 is 0 Å². The number of para-hydroxylation sites is 1. The maximum Gasteiger partial charge on any atom is 0.0548 e. The van der Waals surface area contributed by atoms with Crippen LogP contribution in [0.1, 0.15) is 0 Å². The monoisotopic (exact) mass is 371 g/mol. The number of pyridine rings is 2. The Kier molecular flexibility index (Phi) is 3.47. The van der Waals surface area contributed by atoms with Gasteiger partial charge in [0.25, 0.3) is 0 Å². The predicted octanol–water partition coefficient (Wildman–Crippen LogP) is 6.39. The third kappa shape index (κ3) is 2.44. The van der Waals surface area contributed by atoms with Crippen molar-refractivity contribution in [2.24, 2.45) is 0 Å². The summed E-state index contributed by atoms with van der Waals surface area (Å²) in [5.74, 6) is 0. The lowest BCUT2D eigenvalue weighted by Crippen LogP contribution is -1.93. The van der Waals surface area contributed by atoms with Crippen LogP contribution in [-0.4, -0.2) is 14.5 Å². The van der Waals surface area contributed by atoms with Crippen LogP contribution in [0.4, 0.5) is 0 Å². The summed E-state index contributed by atoms with van der Waals surface area (Å²) in [6, 6.07) is 27.9. The highest BCUT2D eigenvalue weighted by molar-refractivity contribution is 6.21. The molecule has 0 atom stereocenters. The number of rotatable bonds is 2. The molecule has 29 heavy (non-hydrogen) atoms. The topological polar surface area (TPSA) is 30.7 Å². The standard InChI is InChI=1S/C26H17N3/c1-2-4-24-22(3-1)26-23-17-28-16-13-20(23)7-10-25(26)29(24)21-8-5-18(6-9-21)19-11-14-27-15-12-19/h1-17H. The van der Waals surface area contributed by atoms with Gasteiger partial charge in [-0.15, -0.1) is 0 Å². The molecule has 6 aromatic rings. The number of nitrogens with zero attached hydrogens (tertiary/aromatic N) is 3. The molecule has 0 spiro atoms. The highest BCUT2D eigenvalue weighted by atomic mass is 15.0. The van der Waals surface area contributed by atoms with Crippen LogP contribution in [-0.2, 0) is 0 Å². The van der Waals surface area contributed by atoms with E-state index in [1.165, 1.54) is 43.7 Å². The van der Waals surface area contributed by atoms with E-state index in [2.05, 4.69) is 81.3 Å². The third-order valence-electron chi connectivity index (χ3n) is 5.60. The number of benzene rings is 3. The van der Waals surface area contributed by atoms with E-state index in [-0.39, 0.29) is 0 Å². The number of fused-ring (bicyclic) bond motifs is 5. The first-order valence-corrected chi connectivity index (χ1v) is 9.67. The Hall–Kier alpha value is -3.98. The molecule has 0 fully saturated rings. The molecule has 3 aromatic carbocycles. The van der Waals surface area contributed by atoms with Crippen LogP contribution in [0, 0.1) is 0 Å².